The van der Waals surface area contributed by atoms with Crippen LogP contribution in [0, 0.1) is 0 Å². The minimum absolute atomic E-state index is 0.0982. The van der Waals surface area contributed by atoms with Crippen molar-refractivity contribution in [1.82, 2.24) is 19.8 Å². The number of hydrogen-bond acceptors (Lipinski definition) is 3. The van der Waals surface area contributed by atoms with Gasteiger partial charge in [-0.25, -0.2) is 4.98 Å². The van der Waals surface area contributed by atoms with E-state index in [9.17, 15) is 9.59 Å². The minimum Gasteiger partial charge on any atom is -0.345 e. The topological polar surface area (TPSA) is 67.2 Å². The van der Waals surface area contributed by atoms with Gasteiger partial charge in [-0.3, -0.25) is 9.59 Å². The number of likely N-dealkylation sites (tertiary alicyclic amines) is 1. The fourth-order valence-electron chi connectivity index (χ4n) is 2.53. The second kappa shape index (κ2) is 3.58. The fourth-order valence-corrected chi connectivity index (χ4v) is 2.53. The van der Waals surface area contributed by atoms with Gasteiger partial charge in [0.15, 0.2) is 5.69 Å². The lowest BCUT2D eigenvalue weighted by molar-refractivity contribution is -0.132. The number of nitrogens with one attached hydrogen (secondary N) is 1. The van der Waals surface area contributed by atoms with Gasteiger partial charge in [-0.1, -0.05) is 0 Å². The Balaban J connectivity index is 1.88. The highest BCUT2D eigenvalue weighted by Gasteiger charge is 2.30. The summed E-state index contributed by atoms with van der Waals surface area (Å²) in [4.78, 5) is 28.7. The van der Waals surface area contributed by atoms with Crippen molar-refractivity contribution in [2.75, 3.05) is 13.6 Å². The van der Waals surface area contributed by atoms with Crippen LogP contribution in [0.3, 0.4) is 0 Å². The minimum atomic E-state index is -0.0982. The highest BCUT2D eigenvalue weighted by Crippen LogP contribution is 2.25. The van der Waals surface area contributed by atoms with Gasteiger partial charge in [-0.05, 0) is 6.42 Å². The average molecular weight is 234 g/mol. The Morgan fingerprint density at radius 1 is 1.47 bits per heavy atom. The van der Waals surface area contributed by atoms with Crippen molar-refractivity contribution in [3.63, 3.8) is 0 Å². The van der Waals surface area contributed by atoms with Gasteiger partial charge in [-0.2, -0.15) is 0 Å². The van der Waals surface area contributed by atoms with Crippen molar-refractivity contribution in [2.45, 2.75) is 25.4 Å². The molecule has 0 radical (unpaired) electrons. The fraction of sp³-hybridized carbons (Fsp3) is 0.545. The van der Waals surface area contributed by atoms with Crippen molar-refractivity contribution in [3.8, 4) is 0 Å². The van der Waals surface area contributed by atoms with E-state index in [4.69, 9.17) is 0 Å². The molecule has 2 aliphatic rings. The molecule has 1 fully saturated rings. The van der Waals surface area contributed by atoms with E-state index in [-0.39, 0.29) is 17.9 Å². The smallest absolute Gasteiger partial charge is 0.272 e. The normalized spacial score (nSPS) is 23.8. The van der Waals surface area contributed by atoms with Crippen LogP contribution in [0.15, 0.2) is 6.33 Å². The van der Waals surface area contributed by atoms with Crippen molar-refractivity contribution in [3.05, 3.63) is 17.7 Å². The van der Waals surface area contributed by atoms with Gasteiger partial charge in [0, 0.05) is 20.0 Å². The average Bonchev–Trinajstić information content (AvgIpc) is 2.86. The Labute approximate surface area is 98.6 Å². The number of rotatable bonds is 1. The van der Waals surface area contributed by atoms with E-state index in [2.05, 4.69) is 10.3 Å². The van der Waals surface area contributed by atoms with E-state index < -0.39 is 0 Å². The summed E-state index contributed by atoms with van der Waals surface area (Å²) >= 11 is 0. The molecule has 1 unspecified atom stereocenters. The summed E-state index contributed by atoms with van der Waals surface area (Å²) in [7, 11) is 1.81. The Morgan fingerprint density at radius 2 is 2.29 bits per heavy atom. The summed E-state index contributed by atoms with van der Waals surface area (Å²) in [5.74, 6) is 0.0891. The summed E-state index contributed by atoms with van der Waals surface area (Å²) in [6.45, 7) is 1.23. The Morgan fingerprint density at radius 3 is 3.06 bits per heavy atom. The second-order valence-electron chi connectivity index (χ2n) is 4.60. The van der Waals surface area contributed by atoms with Crippen molar-refractivity contribution in [1.29, 1.82) is 0 Å². The zero-order valence-electron chi connectivity index (χ0n) is 9.64. The number of imidazole rings is 1. The first-order valence-corrected chi connectivity index (χ1v) is 5.74. The highest BCUT2D eigenvalue weighted by atomic mass is 16.2. The van der Waals surface area contributed by atoms with Crippen molar-refractivity contribution < 1.29 is 9.59 Å². The number of amides is 2. The van der Waals surface area contributed by atoms with E-state index in [1.807, 2.05) is 11.6 Å². The number of carbonyl (C=O) groups excluding carboxylic acids is 2. The molecule has 0 saturated carbocycles. The number of likely N-dealkylation sites (N-methyl/N-ethyl adjacent to an activating group) is 1. The first-order valence-electron chi connectivity index (χ1n) is 5.74. The molecule has 1 saturated heterocycles. The number of carbonyl (C=O) groups is 2. The summed E-state index contributed by atoms with van der Waals surface area (Å²) in [5.41, 5.74) is 1.48. The second-order valence-corrected chi connectivity index (χ2v) is 4.60. The highest BCUT2D eigenvalue weighted by molar-refractivity contribution is 5.95. The van der Waals surface area contributed by atoms with E-state index >= 15 is 0 Å². The van der Waals surface area contributed by atoms with Crippen LogP contribution in [0.5, 0.6) is 0 Å². The SMILES string of the molecule is CN1CC(n2cnc3c2CNC3=O)CCC1=O. The molecular formula is C11H14N4O2. The molecular weight excluding hydrogens is 220 g/mol. The Hall–Kier alpha value is -1.85. The number of nitrogens with zero attached hydrogens (tertiary/aromatic N) is 3. The standard InChI is InChI=1S/C11H14N4O2/c1-14-5-7(2-3-9(14)16)15-6-13-10-8(15)4-12-11(10)17/h6-7H,2-5H2,1H3,(H,12,17). The molecule has 0 aromatic carbocycles. The van der Waals surface area contributed by atoms with E-state index in [1.54, 1.807) is 11.2 Å². The third-order valence-electron chi connectivity index (χ3n) is 3.52. The molecule has 90 valence electrons. The first-order chi connectivity index (χ1) is 8.16. The molecule has 1 aromatic rings. The number of hydrogen-bond donors (Lipinski definition) is 1. The monoisotopic (exact) mass is 234 g/mol. The molecule has 0 bridgehead atoms. The first kappa shape index (κ1) is 10.3. The molecule has 6 nitrogen and oxygen atoms in total. The quantitative estimate of drug-likeness (QED) is 0.739. The molecule has 1 aromatic heterocycles. The molecule has 1 atom stereocenters. The molecule has 0 aliphatic carbocycles. The third-order valence-corrected chi connectivity index (χ3v) is 3.52. The Kier molecular flexibility index (Phi) is 2.17. The van der Waals surface area contributed by atoms with E-state index in [0.29, 0.717) is 25.2 Å². The van der Waals surface area contributed by atoms with Crippen molar-refractivity contribution in [2.24, 2.45) is 0 Å². The molecule has 1 N–H and O–H groups in total. The number of aromatic nitrogens is 2. The molecule has 17 heavy (non-hydrogen) atoms. The van der Waals surface area contributed by atoms with Gasteiger partial charge in [-0.15, -0.1) is 0 Å². The van der Waals surface area contributed by atoms with Gasteiger partial charge in [0.2, 0.25) is 5.91 Å². The molecule has 2 amide bonds. The zero-order valence-corrected chi connectivity index (χ0v) is 9.64. The summed E-state index contributed by atoms with van der Waals surface area (Å²) < 4.78 is 2.04. The van der Waals surface area contributed by atoms with Crippen LogP contribution in [0.2, 0.25) is 0 Å². The van der Waals surface area contributed by atoms with Gasteiger partial charge < -0.3 is 14.8 Å². The van der Waals surface area contributed by atoms with Crippen LogP contribution in [0.1, 0.15) is 35.1 Å². The van der Waals surface area contributed by atoms with Crippen LogP contribution in [0.25, 0.3) is 0 Å². The number of piperidine rings is 1. The van der Waals surface area contributed by atoms with Gasteiger partial charge in [0.1, 0.15) is 0 Å². The third kappa shape index (κ3) is 1.51. The molecule has 0 spiro atoms. The van der Waals surface area contributed by atoms with E-state index in [0.717, 1.165) is 12.1 Å². The van der Waals surface area contributed by atoms with Gasteiger partial charge >= 0.3 is 0 Å². The predicted molar refractivity (Wildman–Crippen MR) is 59.3 cm³/mol. The molecule has 2 aliphatic heterocycles. The van der Waals surface area contributed by atoms with Crippen LogP contribution in [0.4, 0.5) is 0 Å². The van der Waals surface area contributed by atoms with Gasteiger partial charge in [0.25, 0.3) is 5.91 Å². The van der Waals surface area contributed by atoms with Crippen LogP contribution in [-0.2, 0) is 11.3 Å². The van der Waals surface area contributed by atoms with Crippen LogP contribution >= 0.6 is 0 Å². The lowest BCUT2D eigenvalue weighted by Gasteiger charge is -2.31. The maximum Gasteiger partial charge on any atom is 0.272 e. The predicted octanol–water partition coefficient (Wildman–Crippen LogP) is -0.0802. The van der Waals surface area contributed by atoms with Crippen LogP contribution < -0.4 is 5.32 Å². The Bertz CT molecular complexity index is 494. The van der Waals surface area contributed by atoms with E-state index in [1.165, 1.54) is 0 Å². The summed E-state index contributed by atoms with van der Waals surface area (Å²) in [6, 6.07) is 0.238. The number of fused-ring (bicyclic) bond motifs is 1. The van der Waals surface area contributed by atoms with Crippen molar-refractivity contribution >= 4 is 11.8 Å². The summed E-state index contributed by atoms with van der Waals surface area (Å²) in [6.07, 6.45) is 3.10. The molecule has 3 rings (SSSR count). The zero-order chi connectivity index (χ0) is 12.0. The lowest BCUT2D eigenvalue weighted by atomic mass is 10.1. The largest absolute Gasteiger partial charge is 0.345 e. The van der Waals surface area contributed by atoms with Crippen LogP contribution in [-0.4, -0.2) is 39.9 Å². The maximum atomic E-state index is 11.4. The molecule has 3 heterocycles. The van der Waals surface area contributed by atoms with Gasteiger partial charge in [0.05, 0.1) is 24.6 Å². The lowest BCUT2D eigenvalue weighted by Crippen LogP contribution is -2.38. The molecule has 6 heteroatoms. The summed E-state index contributed by atoms with van der Waals surface area (Å²) in [5, 5.41) is 2.76. The maximum absolute atomic E-state index is 11.4.